The molecular weight excluding hydrogens is 333 g/mol. The number of hydrogen-bond acceptors (Lipinski definition) is 4. The third-order valence-electron chi connectivity index (χ3n) is 3.47. The van der Waals surface area contributed by atoms with Gasteiger partial charge in [-0.3, -0.25) is 0 Å². The molecule has 1 N–H and O–H groups in total. The second-order valence-electron chi connectivity index (χ2n) is 5.04. The monoisotopic (exact) mass is 351 g/mol. The van der Waals surface area contributed by atoms with E-state index in [0.717, 1.165) is 23.5 Å². The molecule has 0 heterocycles. The lowest BCUT2D eigenvalue weighted by atomic mass is 10.1. The molecule has 2 aromatic rings. The van der Waals surface area contributed by atoms with E-state index in [1.807, 2.05) is 32.0 Å². The first kappa shape index (κ1) is 17.7. The van der Waals surface area contributed by atoms with Crippen molar-refractivity contribution in [1.29, 1.82) is 0 Å². The van der Waals surface area contributed by atoms with Crippen molar-refractivity contribution in [3.63, 3.8) is 0 Å². The number of aliphatic hydroxyl groups is 1. The smallest absolute Gasteiger partial charge is 0.112 e. The van der Waals surface area contributed by atoms with E-state index in [1.165, 1.54) is 0 Å². The molecule has 0 saturated heterocycles. The van der Waals surface area contributed by atoms with Gasteiger partial charge >= 0.3 is 0 Å². The highest BCUT2D eigenvalue weighted by molar-refractivity contribution is 6.35. The molecule has 0 bridgehead atoms. The van der Waals surface area contributed by atoms with Gasteiger partial charge in [0.15, 0.2) is 0 Å². The van der Waals surface area contributed by atoms with Gasteiger partial charge in [0, 0.05) is 18.1 Å². The van der Waals surface area contributed by atoms with E-state index < -0.39 is 0 Å². The molecule has 2 rings (SSSR count). The number of anilines is 1. The molecule has 0 unspecified atom stereocenters. The Kier molecular flexibility index (Phi) is 6.39. The Labute approximate surface area is 146 Å². The second-order valence-corrected chi connectivity index (χ2v) is 5.89. The molecule has 0 aliphatic rings. The molecule has 0 aromatic heterocycles. The summed E-state index contributed by atoms with van der Waals surface area (Å²) in [5.41, 5.74) is 3.22. The fourth-order valence-corrected chi connectivity index (χ4v) is 2.59. The maximum absolute atomic E-state index is 9.24. The molecule has 6 heteroatoms. The highest BCUT2D eigenvalue weighted by atomic mass is 35.5. The Hall–Kier alpha value is -1.62. The zero-order valence-electron chi connectivity index (χ0n) is 13.1. The maximum atomic E-state index is 9.24. The topological polar surface area (TPSA) is 48.2 Å². The molecule has 0 saturated carbocycles. The molecule has 0 aliphatic carbocycles. The van der Waals surface area contributed by atoms with E-state index in [2.05, 4.69) is 15.1 Å². The number of likely N-dealkylation sites (N-methyl/N-ethyl adjacent to an activating group) is 1. The number of aliphatic hydroxyl groups excluding tert-OH is 1. The Bertz CT molecular complexity index is 704. The minimum absolute atomic E-state index is 0.0818. The molecular formula is C17H19Cl2N3O. The van der Waals surface area contributed by atoms with Crippen molar-refractivity contribution in [3.8, 4) is 0 Å². The Balaban J connectivity index is 2.42. The van der Waals surface area contributed by atoms with Gasteiger partial charge in [-0.05, 0) is 43.7 Å². The Morgan fingerprint density at radius 1 is 1.13 bits per heavy atom. The third kappa shape index (κ3) is 4.44. The first-order chi connectivity index (χ1) is 11.1. The summed E-state index contributed by atoms with van der Waals surface area (Å²) in [6.45, 7) is 5.40. The average Bonchev–Trinajstić information content (AvgIpc) is 2.54. The lowest BCUT2D eigenvalue weighted by molar-refractivity contribution is 0.302. The predicted molar refractivity (Wildman–Crippen MR) is 96.8 cm³/mol. The Morgan fingerprint density at radius 2 is 1.91 bits per heavy atom. The van der Waals surface area contributed by atoms with Crippen LogP contribution in [0, 0.1) is 6.92 Å². The SMILES string of the molecule is CCN(CCO)c1cccc(C)c1N=Nc1cc(Cl)ccc1Cl. The molecule has 0 fully saturated rings. The van der Waals surface area contributed by atoms with Crippen LogP contribution in [0.1, 0.15) is 12.5 Å². The molecule has 0 spiro atoms. The fraction of sp³-hybridized carbons (Fsp3) is 0.294. The number of rotatable bonds is 6. The second kappa shape index (κ2) is 8.29. The summed E-state index contributed by atoms with van der Waals surface area (Å²) in [7, 11) is 0. The van der Waals surface area contributed by atoms with Gasteiger partial charge in [-0.25, -0.2) is 0 Å². The van der Waals surface area contributed by atoms with Crippen LogP contribution >= 0.6 is 23.2 Å². The van der Waals surface area contributed by atoms with Crippen molar-refractivity contribution in [2.75, 3.05) is 24.6 Å². The van der Waals surface area contributed by atoms with Crippen LogP contribution in [0.3, 0.4) is 0 Å². The predicted octanol–water partition coefficient (Wildman–Crippen LogP) is 5.54. The number of nitrogens with zero attached hydrogens (tertiary/aromatic N) is 3. The standard InChI is InChI=1S/C17H19Cl2N3O/c1-3-22(9-10-23)16-6-4-5-12(2)17(16)21-20-15-11-13(18)7-8-14(15)19/h4-8,11,23H,3,9-10H2,1-2H3. The van der Waals surface area contributed by atoms with Crippen molar-refractivity contribution in [2.45, 2.75) is 13.8 Å². The van der Waals surface area contributed by atoms with Gasteiger partial charge in [0.05, 0.1) is 17.3 Å². The summed E-state index contributed by atoms with van der Waals surface area (Å²) in [6, 6.07) is 11.0. The summed E-state index contributed by atoms with van der Waals surface area (Å²) < 4.78 is 0. The fourth-order valence-electron chi connectivity index (χ4n) is 2.26. The highest BCUT2D eigenvalue weighted by Gasteiger charge is 2.11. The van der Waals surface area contributed by atoms with Crippen molar-refractivity contribution >= 4 is 40.3 Å². The first-order valence-electron chi connectivity index (χ1n) is 7.39. The van der Waals surface area contributed by atoms with Gasteiger partial charge in [0.1, 0.15) is 11.4 Å². The van der Waals surface area contributed by atoms with Gasteiger partial charge in [0.25, 0.3) is 0 Å². The van der Waals surface area contributed by atoms with Crippen LogP contribution in [-0.4, -0.2) is 24.8 Å². The molecule has 0 radical (unpaired) electrons. The van der Waals surface area contributed by atoms with Crippen LogP contribution in [0.4, 0.5) is 17.1 Å². The summed E-state index contributed by atoms with van der Waals surface area (Å²) in [5.74, 6) is 0. The minimum Gasteiger partial charge on any atom is -0.395 e. The van der Waals surface area contributed by atoms with Crippen molar-refractivity contribution in [1.82, 2.24) is 0 Å². The number of hydrogen-bond donors (Lipinski definition) is 1. The number of halogens is 2. The zero-order valence-corrected chi connectivity index (χ0v) is 14.6. The number of benzene rings is 2. The normalized spacial score (nSPS) is 11.2. The van der Waals surface area contributed by atoms with Crippen LogP contribution < -0.4 is 4.90 Å². The summed E-state index contributed by atoms with van der Waals surface area (Å²) in [5, 5.41) is 18.9. The van der Waals surface area contributed by atoms with Crippen LogP contribution in [0.15, 0.2) is 46.6 Å². The summed E-state index contributed by atoms with van der Waals surface area (Å²) >= 11 is 12.1. The van der Waals surface area contributed by atoms with Crippen molar-refractivity contribution < 1.29 is 5.11 Å². The summed E-state index contributed by atoms with van der Waals surface area (Å²) in [6.07, 6.45) is 0. The quantitative estimate of drug-likeness (QED) is 0.694. The molecule has 0 aliphatic heterocycles. The van der Waals surface area contributed by atoms with Crippen LogP contribution in [0.25, 0.3) is 0 Å². The Morgan fingerprint density at radius 3 is 2.61 bits per heavy atom. The van der Waals surface area contributed by atoms with Crippen LogP contribution in [0.5, 0.6) is 0 Å². The molecule has 23 heavy (non-hydrogen) atoms. The van der Waals surface area contributed by atoms with E-state index in [9.17, 15) is 5.11 Å². The van der Waals surface area contributed by atoms with Crippen molar-refractivity contribution in [2.24, 2.45) is 10.2 Å². The molecule has 2 aromatic carbocycles. The lowest BCUT2D eigenvalue weighted by Gasteiger charge is -2.24. The van der Waals surface area contributed by atoms with Crippen LogP contribution in [0.2, 0.25) is 10.0 Å². The zero-order chi connectivity index (χ0) is 16.8. The maximum Gasteiger partial charge on any atom is 0.112 e. The highest BCUT2D eigenvalue weighted by Crippen LogP contribution is 2.35. The molecule has 0 amide bonds. The minimum atomic E-state index is 0.0818. The third-order valence-corrected chi connectivity index (χ3v) is 4.03. The van der Waals surface area contributed by atoms with E-state index in [-0.39, 0.29) is 6.61 Å². The van der Waals surface area contributed by atoms with Gasteiger partial charge in [-0.15, -0.1) is 10.2 Å². The van der Waals surface area contributed by atoms with Gasteiger partial charge in [-0.2, -0.15) is 0 Å². The average molecular weight is 352 g/mol. The largest absolute Gasteiger partial charge is 0.395 e. The number of aryl methyl sites for hydroxylation is 1. The van der Waals surface area contributed by atoms with Crippen LogP contribution in [-0.2, 0) is 0 Å². The number of azo groups is 1. The van der Waals surface area contributed by atoms with E-state index in [0.29, 0.717) is 22.3 Å². The summed E-state index contributed by atoms with van der Waals surface area (Å²) in [4.78, 5) is 2.06. The van der Waals surface area contributed by atoms with Gasteiger partial charge < -0.3 is 10.0 Å². The first-order valence-corrected chi connectivity index (χ1v) is 8.14. The van der Waals surface area contributed by atoms with Gasteiger partial charge in [0.2, 0.25) is 0 Å². The van der Waals surface area contributed by atoms with Crippen molar-refractivity contribution in [3.05, 3.63) is 52.0 Å². The van der Waals surface area contributed by atoms with E-state index >= 15 is 0 Å². The lowest BCUT2D eigenvalue weighted by Crippen LogP contribution is -2.26. The molecule has 122 valence electrons. The van der Waals surface area contributed by atoms with E-state index in [1.54, 1.807) is 18.2 Å². The van der Waals surface area contributed by atoms with E-state index in [4.69, 9.17) is 23.2 Å². The van der Waals surface area contributed by atoms with Gasteiger partial charge in [-0.1, -0.05) is 35.3 Å². The molecule has 4 nitrogen and oxygen atoms in total. The molecule has 0 atom stereocenters.